The maximum absolute atomic E-state index is 13.3. The second-order valence-corrected chi connectivity index (χ2v) is 11.3. The number of rotatable bonds is 8. The third kappa shape index (κ3) is 8.05. The lowest BCUT2D eigenvalue weighted by Gasteiger charge is -2.31. The number of nitrogens with one attached hydrogen (secondary N) is 1. The molecule has 186 valence electrons. The average molecular weight is 534 g/mol. The fourth-order valence-electron chi connectivity index (χ4n) is 3.29. The summed E-state index contributed by atoms with van der Waals surface area (Å²) in [5, 5.41) is 2.96. The van der Waals surface area contributed by atoms with E-state index in [0.29, 0.717) is 5.75 Å². The van der Waals surface area contributed by atoms with Crippen LogP contribution in [0.15, 0.2) is 46.9 Å². The van der Waals surface area contributed by atoms with Crippen molar-refractivity contribution in [2.24, 2.45) is 0 Å². The van der Waals surface area contributed by atoms with E-state index in [0.717, 1.165) is 21.3 Å². The molecule has 0 aliphatic heterocycles. The Bertz CT molecular complexity index is 991. The van der Waals surface area contributed by atoms with Gasteiger partial charge in [-0.05, 0) is 84.4 Å². The third-order valence-electron chi connectivity index (χ3n) is 5.33. The molecule has 1 N–H and O–H groups in total. The van der Waals surface area contributed by atoms with Gasteiger partial charge in [-0.15, -0.1) is 0 Å². The first-order chi connectivity index (χ1) is 15.7. The Labute approximate surface area is 212 Å². The summed E-state index contributed by atoms with van der Waals surface area (Å²) in [6.45, 7) is 14.0. The molecule has 0 unspecified atom stereocenters. The molecule has 0 radical (unpaired) electrons. The lowest BCUT2D eigenvalue weighted by atomic mass is 9.87. The quantitative estimate of drug-likeness (QED) is 0.489. The van der Waals surface area contributed by atoms with Crippen LogP contribution in [0.4, 0.5) is 0 Å². The van der Waals surface area contributed by atoms with Gasteiger partial charge in [0, 0.05) is 12.1 Å². The Morgan fingerprint density at radius 3 is 2.15 bits per heavy atom. The Kier molecular flexibility index (Phi) is 9.17. The first-order valence-corrected chi connectivity index (χ1v) is 12.2. The predicted molar refractivity (Wildman–Crippen MR) is 139 cm³/mol. The summed E-state index contributed by atoms with van der Waals surface area (Å²) in [4.78, 5) is 27.7. The van der Waals surface area contributed by atoms with Gasteiger partial charge in [-0.1, -0.05) is 39.0 Å². The second-order valence-electron chi connectivity index (χ2n) is 10.5. The summed E-state index contributed by atoms with van der Waals surface area (Å²) >= 11 is 3.55. The third-order valence-corrected chi connectivity index (χ3v) is 5.95. The van der Waals surface area contributed by atoms with E-state index in [1.807, 2.05) is 63.2 Å². The van der Waals surface area contributed by atoms with Gasteiger partial charge in [0.15, 0.2) is 6.61 Å². The minimum Gasteiger partial charge on any atom is -0.497 e. The predicted octanol–water partition coefficient (Wildman–Crippen LogP) is 5.47. The summed E-state index contributed by atoms with van der Waals surface area (Å²) in [6.07, 6.45) is 0. The zero-order valence-electron chi connectivity index (χ0n) is 21.5. The van der Waals surface area contributed by atoms with Crippen LogP contribution in [0.25, 0.3) is 0 Å². The number of halogens is 1. The van der Waals surface area contributed by atoms with Crippen molar-refractivity contribution in [3.05, 3.63) is 58.1 Å². The molecule has 6 nitrogen and oxygen atoms in total. The van der Waals surface area contributed by atoms with Crippen LogP contribution in [0.2, 0.25) is 0 Å². The minimum atomic E-state index is -0.677. The number of ether oxygens (including phenoxy) is 2. The van der Waals surface area contributed by atoms with Crippen molar-refractivity contribution in [1.29, 1.82) is 0 Å². The monoisotopic (exact) mass is 532 g/mol. The molecule has 2 rings (SSSR count). The van der Waals surface area contributed by atoms with Gasteiger partial charge in [0.2, 0.25) is 5.91 Å². The fourth-order valence-corrected chi connectivity index (χ4v) is 3.78. The van der Waals surface area contributed by atoms with Crippen LogP contribution in [0.3, 0.4) is 0 Å². The van der Waals surface area contributed by atoms with Crippen LogP contribution in [-0.2, 0) is 21.5 Å². The summed E-state index contributed by atoms with van der Waals surface area (Å²) in [5.41, 5.74) is 1.64. The van der Waals surface area contributed by atoms with E-state index >= 15 is 0 Å². The second kappa shape index (κ2) is 11.3. The molecule has 34 heavy (non-hydrogen) atoms. The summed E-state index contributed by atoms with van der Waals surface area (Å²) in [6, 6.07) is 12.6. The van der Waals surface area contributed by atoms with Crippen molar-refractivity contribution in [3.8, 4) is 11.5 Å². The van der Waals surface area contributed by atoms with Crippen LogP contribution < -0.4 is 14.8 Å². The lowest BCUT2D eigenvalue weighted by Crippen LogP contribution is -2.53. The van der Waals surface area contributed by atoms with Gasteiger partial charge in [-0.25, -0.2) is 0 Å². The van der Waals surface area contributed by atoms with Crippen molar-refractivity contribution >= 4 is 27.7 Å². The van der Waals surface area contributed by atoms with E-state index in [1.54, 1.807) is 18.9 Å². The fraction of sp³-hybridized carbons (Fsp3) is 0.481. The van der Waals surface area contributed by atoms with E-state index < -0.39 is 11.6 Å². The summed E-state index contributed by atoms with van der Waals surface area (Å²) in [7, 11) is 1.60. The number of carbonyl (C=O) groups is 2. The molecule has 7 heteroatoms. The molecule has 2 aromatic rings. The summed E-state index contributed by atoms with van der Waals surface area (Å²) < 4.78 is 11.9. The molecule has 0 heterocycles. The van der Waals surface area contributed by atoms with Crippen molar-refractivity contribution in [2.45, 2.75) is 72.0 Å². The first kappa shape index (κ1) is 27.7. The highest BCUT2D eigenvalue weighted by Crippen LogP contribution is 2.31. The zero-order chi connectivity index (χ0) is 25.7. The molecule has 0 aliphatic carbocycles. The maximum Gasteiger partial charge on any atom is 0.261 e. The van der Waals surface area contributed by atoms with Crippen LogP contribution in [0.1, 0.15) is 59.6 Å². The number of benzene rings is 2. The van der Waals surface area contributed by atoms with E-state index in [-0.39, 0.29) is 30.4 Å². The SMILES string of the molecule is COc1ccc(CN(C(=O)COc2ccc(C(C)(C)C)cc2Br)[C@H](C)C(=O)NC(C)(C)C)cc1. The number of methoxy groups -OCH3 is 1. The van der Waals surface area contributed by atoms with Gasteiger partial charge < -0.3 is 19.7 Å². The van der Waals surface area contributed by atoms with Crippen molar-refractivity contribution in [2.75, 3.05) is 13.7 Å². The van der Waals surface area contributed by atoms with Gasteiger partial charge in [0.25, 0.3) is 5.91 Å². The van der Waals surface area contributed by atoms with Gasteiger partial charge in [0.1, 0.15) is 17.5 Å². The smallest absolute Gasteiger partial charge is 0.261 e. The van der Waals surface area contributed by atoms with E-state index in [2.05, 4.69) is 42.0 Å². The Balaban J connectivity index is 2.21. The molecule has 0 aromatic heterocycles. The standard InChI is InChI=1S/C27H37BrN2O4/c1-18(25(32)29-27(5,6)7)30(16-19-9-12-21(33-8)13-10-19)24(31)17-34-23-14-11-20(15-22(23)28)26(2,3)4/h9-15,18H,16-17H2,1-8H3,(H,29,32)/t18-/m1/s1. The van der Waals surface area contributed by atoms with E-state index in [4.69, 9.17) is 9.47 Å². The Hall–Kier alpha value is -2.54. The van der Waals surface area contributed by atoms with Crippen molar-refractivity contribution in [3.63, 3.8) is 0 Å². The van der Waals surface area contributed by atoms with Crippen LogP contribution >= 0.6 is 15.9 Å². The Morgan fingerprint density at radius 1 is 1.03 bits per heavy atom. The molecule has 2 amide bonds. The Morgan fingerprint density at radius 2 is 1.65 bits per heavy atom. The molecule has 0 spiro atoms. The first-order valence-electron chi connectivity index (χ1n) is 11.4. The zero-order valence-corrected chi connectivity index (χ0v) is 23.1. The van der Waals surface area contributed by atoms with E-state index in [9.17, 15) is 9.59 Å². The van der Waals surface area contributed by atoms with Gasteiger partial charge in [-0.3, -0.25) is 9.59 Å². The van der Waals surface area contributed by atoms with Crippen molar-refractivity contribution in [1.82, 2.24) is 10.2 Å². The molecular formula is C27H37BrN2O4. The summed E-state index contributed by atoms with van der Waals surface area (Å²) in [5.74, 6) is 0.814. The molecule has 0 saturated carbocycles. The van der Waals surface area contributed by atoms with Crippen molar-refractivity contribution < 1.29 is 19.1 Å². The molecule has 2 aromatic carbocycles. The molecule has 0 bridgehead atoms. The van der Waals surface area contributed by atoms with Crippen LogP contribution in [-0.4, -0.2) is 42.0 Å². The highest BCUT2D eigenvalue weighted by molar-refractivity contribution is 9.10. The number of nitrogens with zero attached hydrogens (tertiary/aromatic N) is 1. The normalized spacial score (nSPS) is 12.6. The highest BCUT2D eigenvalue weighted by Gasteiger charge is 2.29. The topological polar surface area (TPSA) is 67.9 Å². The molecule has 0 saturated heterocycles. The lowest BCUT2D eigenvalue weighted by molar-refractivity contribution is -0.142. The van der Waals surface area contributed by atoms with Crippen LogP contribution in [0.5, 0.6) is 11.5 Å². The van der Waals surface area contributed by atoms with Gasteiger partial charge in [0.05, 0.1) is 11.6 Å². The molecule has 0 aliphatic rings. The number of hydrogen-bond donors (Lipinski definition) is 1. The minimum absolute atomic E-state index is 0.00187. The largest absolute Gasteiger partial charge is 0.497 e. The number of amides is 2. The average Bonchev–Trinajstić information content (AvgIpc) is 2.74. The molecular weight excluding hydrogens is 496 g/mol. The molecule has 0 fully saturated rings. The van der Waals surface area contributed by atoms with Gasteiger partial charge in [-0.2, -0.15) is 0 Å². The maximum atomic E-state index is 13.3. The number of carbonyl (C=O) groups excluding carboxylic acids is 2. The van der Waals surface area contributed by atoms with E-state index in [1.165, 1.54) is 0 Å². The number of hydrogen-bond acceptors (Lipinski definition) is 4. The van der Waals surface area contributed by atoms with Crippen LogP contribution in [0, 0.1) is 0 Å². The molecule has 1 atom stereocenters. The highest BCUT2D eigenvalue weighted by atomic mass is 79.9. The van der Waals surface area contributed by atoms with Gasteiger partial charge >= 0.3 is 0 Å².